The topological polar surface area (TPSA) is 12.0 Å². The van der Waals surface area contributed by atoms with E-state index in [0.717, 1.165) is 31.4 Å². The summed E-state index contributed by atoms with van der Waals surface area (Å²) in [6.07, 6.45) is 2.43. The summed E-state index contributed by atoms with van der Waals surface area (Å²) >= 11 is 0. The molecule has 0 radical (unpaired) electrons. The van der Waals surface area contributed by atoms with Gasteiger partial charge in [0, 0.05) is 6.04 Å². The fourth-order valence-electron chi connectivity index (χ4n) is 2.38. The van der Waals surface area contributed by atoms with Gasteiger partial charge in [-0.05, 0) is 37.1 Å². The van der Waals surface area contributed by atoms with Crippen molar-refractivity contribution < 1.29 is 13.2 Å². The lowest BCUT2D eigenvalue weighted by atomic mass is 9.98. The third-order valence-corrected chi connectivity index (χ3v) is 3.63. The fraction of sp³-hybridized carbons (Fsp3) is 0.647. The van der Waals surface area contributed by atoms with Gasteiger partial charge in [-0.3, -0.25) is 0 Å². The van der Waals surface area contributed by atoms with E-state index >= 15 is 0 Å². The van der Waals surface area contributed by atoms with Crippen molar-refractivity contribution in [2.75, 3.05) is 6.54 Å². The Labute approximate surface area is 125 Å². The average molecular weight is 301 g/mol. The van der Waals surface area contributed by atoms with E-state index in [1.807, 2.05) is 0 Å². The maximum Gasteiger partial charge on any atom is 0.416 e. The van der Waals surface area contributed by atoms with Crippen molar-refractivity contribution in [1.29, 1.82) is 0 Å². The van der Waals surface area contributed by atoms with Crippen LogP contribution in [0, 0.1) is 0 Å². The number of halogens is 3. The van der Waals surface area contributed by atoms with E-state index < -0.39 is 11.7 Å². The standard InChI is InChI=1S/C17H26F3N/c1-3-5-6-7-8-16(21-13-4-2)14-9-11-15(12-10-14)17(18,19)20/h9-12,16,21H,3-8,13H2,1-2H3. The highest BCUT2D eigenvalue weighted by atomic mass is 19.4. The summed E-state index contributed by atoms with van der Waals surface area (Å²) in [5.74, 6) is 0. The molecule has 1 rings (SSSR count). The van der Waals surface area contributed by atoms with Crippen molar-refractivity contribution in [3.8, 4) is 0 Å². The van der Waals surface area contributed by atoms with Crippen LogP contribution in [0.1, 0.15) is 69.5 Å². The number of unbranched alkanes of at least 4 members (excludes halogenated alkanes) is 3. The zero-order valence-electron chi connectivity index (χ0n) is 13.0. The molecule has 0 saturated heterocycles. The van der Waals surface area contributed by atoms with Crippen LogP contribution in [0.5, 0.6) is 0 Å². The normalized spacial score (nSPS) is 13.4. The zero-order valence-corrected chi connectivity index (χ0v) is 13.0. The van der Waals surface area contributed by atoms with E-state index in [0.29, 0.717) is 0 Å². The first-order valence-corrected chi connectivity index (χ1v) is 7.89. The zero-order chi connectivity index (χ0) is 15.7. The second-order valence-electron chi connectivity index (χ2n) is 5.48. The van der Waals surface area contributed by atoms with E-state index in [1.165, 1.54) is 31.4 Å². The van der Waals surface area contributed by atoms with Gasteiger partial charge in [-0.25, -0.2) is 0 Å². The quantitative estimate of drug-likeness (QED) is 0.575. The van der Waals surface area contributed by atoms with E-state index in [-0.39, 0.29) is 6.04 Å². The van der Waals surface area contributed by atoms with Crippen LogP contribution in [-0.4, -0.2) is 6.54 Å². The van der Waals surface area contributed by atoms with Gasteiger partial charge in [-0.1, -0.05) is 51.7 Å². The highest BCUT2D eigenvalue weighted by Gasteiger charge is 2.30. The molecule has 0 aliphatic rings. The van der Waals surface area contributed by atoms with Gasteiger partial charge in [0.15, 0.2) is 0 Å². The molecule has 0 fully saturated rings. The molecule has 1 aromatic carbocycles. The first-order valence-electron chi connectivity index (χ1n) is 7.89. The lowest BCUT2D eigenvalue weighted by Gasteiger charge is -2.19. The predicted molar refractivity (Wildman–Crippen MR) is 81.2 cm³/mol. The molecule has 1 atom stereocenters. The SMILES string of the molecule is CCCCCCC(NCCC)c1ccc(C(F)(F)F)cc1. The minimum Gasteiger partial charge on any atom is -0.310 e. The number of hydrogen-bond acceptors (Lipinski definition) is 1. The summed E-state index contributed by atoms with van der Waals surface area (Å²) in [7, 11) is 0. The number of nitrogens with one attached hydrogen (secondary N) is 1. The van der Waals surface area contributed by atoms with Crippen molar-refractivity contribution in [2.24, 2.45) is 0 Å². The molecule has 21 heavy (non-hydrogen) atoms. The molecule has 0 aliphatic carbocycles. The Balaban J connectivity index is 2.68. The van der Waals surface area contributed by atoms with Crippen LogP contribution >= 0.6 is 0 Å². The summed E-state index contributed by atoms with van der Waals surface area (Å²) in [5, 5.41) is 3.44. The Morgan fingerprint density at radius 3 is 2.14 bits per heavy atom. The minimum atomic E-state index is -4.26. The molecule has 0 heterocycles. The lowest BCUT2D eigenvalue weighted by Crippen LogP contribution is -2.22. The summed E-state index contributed by atoms with van der Waals surface area (Å²) in [6.45, 7) is 5.15. The molecule has 0 aliphatic heterocycles. The second kappa shape index (κ2) is 9.08. The molecule has 1 unspecified atom stereocenters. The van der Waals surface area contributed by atoms with E-state index in [4.69, 9.17) is 0 Å². The molecule has 1 nitrogen and oxygen atoms in total. The van der Waals surface area contributed by atoms with Crippen LogP contribution in [-0.2, 0) is 6.18 Å². The average Bonchev–Trinajstić information content (AvgIpc) is 2.46. The number of alkyl halides is 3. The van der Waals surface area contributed by atoms with Crippen molar-refractivity contribution >= 4 is 0 Å². The number of hydrogen-bond donors (Lipinski definition) is 1. The van der Waals surface area contributed by atoms with Crippen LogP contribution < -0.4 is 5.32 Å². The van der Waals surface area contributed by atoms with Crippen molar-refractivity contribution in [3.05, 3.63) is 35.4 Å². The third kappa shape index (κ3) is 6.51. The van der Waals surface area contributed by atoms with E-state index in [9.17, 15) is 13.2 Å². The maximum absolute atomic E-state index is 12.6. The summed E-state index contributed by atoms with van der Waals surface area (Å²) in [5.41, 5.74) is 0.374. The van der Waals surface area contributed by atoms with Gasteiger partial charge in [0.2, 0.25) is 0 Å². The Morgan fingerprint density at radius 1 is 0.952 bits per heavy atom. The molecule has 0 bridgehead atoms. The minimum absolute atomic E-state index is 0.157. The van der Waals surface area contributed by atoms with E-state index in [1.54, 1.807) is 12.1 Å². The molecule has 4 heteroatoms. The predicted octanol–water partition coefficient (Wildman–Crippen LogP) is 5.72. The summed E-state index contributed by atoms with van der Waals surface area (Å²) in [6, 6.07) is 5.74. The van der Waals surface area contributed by atoms with Gasteiger partial charge < -0.3 is 5.32 Å². The number of benzene rings is 1. The highest BCUT2D eigenvalue weighted by Crippen LogP contribution is 2.30. The molecule has 0 amide bonds. The largest absolute Gasteiger partial charge is 0.416 e. The maximum atomic E-state index is 12.6. The molecule has 0 aromatic heterocycles. The van der Waals surface area contributed by atoms with Gasteiger partial charge in [-0.15, -0.1) is 0 Å². The smallest absolute Gasteiger partial charge is 0.310 e. The molecule has 1 aromatic rings. The third-order valence-electron chi connectivity index (χ3n) is 3.63. The lowest BCUT2D eigenvalue weighted by molar-refractivity contribution is -0.137. The van der Waals surface area contributed by atoms with Gasteiger partial charge in [0.25, 0.3) is 0 Å². The Kier molecular flexibility index (Phi) is 7.79. The molecule has 120 valence electrons. The summed E-state index contributed by atoms with van der Waals surface area (Å²) in [4.78, 5) is 0. The summed E-state index contributed by atoms with van der Waals surface area (Å²) < 4.78 is 37.8. The fourth-order valence-corrected chi connectivity index (χ4v) is 2.38. The Hall–Kier alpha value is -1.03. The van der Waals surface area contributed by atoms with Crippen LogP contribution in [0.3, 0.4) is 0 Å². The first-order chi connectivity index (χ1) is 9.99. The Morgan fingerprint density at radius 2 is 1.62 bits per heavy atom. The van der Waals surface area contributed by atoms with Crippen LogP contribution in [0.2, 0.25) is 0 Å². The molecular weight excluding hydrogens is 275 g/mol. The first kappa shape index (κ1) is 18.0. The molecule has 1 N–H and O–H groups in total. The van der Waals surface area contributed by atoms with Crippen LogP contribution in [0.15, 0.2) is 24.3 Å². The second-order valence-corrected chi connectivity index (χ2v) is 5.48. The van der Waals surface area contributed by atoms with Crippen LogP contribution in [0.4, 0.5) is 13.2 Å². The number of rotatable bonds is 9. The van der Waals surface area contributed by atoms with Gasteiger partial charge >= 0.3 is 6.18 Å². The molecular formula is C17H26F3N. The molecule has 0 saturated carbocycles. The van der Waals surface area contributed by atoms with Crippen molar-refractivity contribution in [3.63, 3.8) is 0 Å². The van der Waals surface area contributed by atoms with Gasteiger partial charge in [0.1, 0.15) is 0 Å². The van der Waals surface area contributed by atoms with Crippen LogP contribution in [0.25, 0.3) is 0 Å². The highest BCUT2D eigenvalue weighted by molar-refractivity contribution is 5.26. The van der Waals surface area contributed by atoms with Crippen molar-refractivity contribution in [2.45, 2.75) is 64.6 Å². The van der Waals surface area contributed by atoms with Gasteiger partial charge in [-0.2, -0.15) is 13.2 Å². The van der Waals surface area contributed by atoms with E-state index in [2.05, 4.69) is 19.2 Å². The Bertz CT molecular complexity index is 384. The molecule has 0 spiro atoms. The monoisotopic (exact) mass is 301 g/mol. The van der Waals surface area contributed by atoms with Crippen molar-refractivity contribution in [1.82, 2.24) is 5.32 Å². The van der Waals surface area contributed by atoms with Gasteiger partial charge in [0.05, 0.1) is 5.56 Å².